The van der Waals surface area contributed by atoms with Crippen LogP contribution in [0.2, 0.25) is 0 Å². The van der Waals surface area contributed by atoms with Gasteiger partial charge in [0.15, 0.2) is 0 Å². The highest BCUT2D eigenvalue weighted by molar-refractivity contribution is 6.04. The topological polar surface area (TPSA) is 52.9 Å². The first-order valence-corrected chi connectivity index (χ1v) is 5.47. The molecule has 2 aromatic carbocycles. The molecule has 100 valence electrons. The van der Waals surface area contributed by atoms with Gasteiger partial charge < -0.3 is 5.32 Å². The van der Waals surface area contributed by atoms with Crippen LogP contribution in [-0.4, -0.2) is 5.91 Å². The molecule has 3 nitrogen and oxygen atoms in total. The van der Waals surface area contributed by atoms with Gasteiger partial charge in [-0.2, -0.15) is 5.26 Å². The molecule has 1 amide bonds. The summed E-state index contributed by atoms with van der Waals surface area (Å²) in [6.45, 7) is 0. The van der Waals surface area contributed by atoms with Gasteiger partial charge in [0, 0.05) is 0 Å². The Morgan fingerprint density at radius 2 is 1.80 bits per heavy atom. The summed E-state index contributed by atoms with van der Waals surface area (Å²) in [6, 6.07) is 7.51. The van der Waals surface area contributed by atoms with Crippen LogP contribution in [0.3, 0.4) is 0 Å². The van der Waals surface area contributed by atoms with E-state index in [2.05, 4.69) is 5.32 Å². The smallest absolute Gasteiger partial charge is 0.258 e. The zero-order valence-electron chi connectivity index (χ0n) is 9.95. The van der Waals surface area contributed by atoms with Crippen LogP contribution in [0.1, 0.15) is 15.9 Å². The molecule has 0 fully saturated rings. The Morgan fingerprint density at radius 3 is 2.45 bits per heavy atom. The molecule has 0 radical (unpaired) electrons. The number of halogens is 3. The van der Waals surface area contributed by atoms with Crippen molar-refractivity contribution in [2.45, 2.75) is 0 Å². The van der Waals surface area contributed by atoms with E-state index in [1.807, 2.05) is 0 Å². The maximum atomic E-state index is 13.6. The van der Waals surface area contributed by atoms with Gasteiger partial charge in [0.25, 0.3) is 5.91 Å². The van der Waals surface area contributed by atoms with Gasteiger partial charge in [-0.3, -0.25) is 4.79 Å². The number of carbonyl (C=O) groups is 1. The van der Waals surface area contributed by atoms with Gasteiger partial charge in [-0.1, -0.05) is 0 Å². The van der Waals surface area contributed by atoms with Crippen molar-refractivity contribution in [3.05, 3.63) is 65.0 Å². The number of anilines is 1. The molecule has 0 bridgehead atoms. The highest BCUT2D eigenvalue weighted by atomic mass is 19.1. The molecule has 0 saturated carbocycles. The molecule has 0 unspecified atom stereocenters. The van der Waals surface area contributed by atoms with Gasteiger partial charge in [0.2, 0.25) is 0 Å². The molecule has 0 aliphatic heterocycles. The van der Waals surface area contributed by atoms with E-state index in [1.165, 1.54) is 12.1 Å². The standard InChI is InChI=1S/C14H7F3N2O/c15-9-2-3-11(16)10(6-9)14(20)19-13-4-1-8(7-18)5-12(13)17/h1-6H,(H,19,20). The van der Waals surface area contributed by atoms with E-state index in [0.717, 1.165) is 18.2 Å². The average Bonchev–Trinajstić information content (AvgIpc) is 2.43. The largest absolute Gasteiger partial charge is 0.319 e. The van der Waals surface area contributed by atoms with Crippen molar-refractivity contribution >= 4 is 11.6 Å². The third-order valence-corrected chi connectivity index (χ3v) is 2.52. The third kappa shape index (κ3) is 2.78. The van der Waals surface area contributed by atoms with Gasteiger partial charge in [0.1, 0.15) is 17.5 Å². The van der Waals surface area contributed by atoms with Gasteiger partial charge in [-0.05, 0) is 36.4 Å². The fourth-order valence-electron chi connectivity index (χ4n) is 1.55. The van der Waals surface area contributed by atoms with Gasteiger partial charge in [-0.15, -0.1) is 0 Å². The highest BCUT2D eigenvalue weighted by Gasteiger charge is 2.15. The molecule has 0 aliphatic carbocycles. The Balaban J connectivity index is 2.28. The van der Waals surface area contributed by atoms with Crippen LogP contribution in [0.15, 0.2) is 36.4 Å². The van der Waals surface area contributed by atoms with E-state index < -0.39 is 28.9 Å². The van der Waals surface area contributed by atoms with Crippen LogP contribution >= 0.6 is 0 Å². The molecule has 0 spiro atoms. The molecule has 2 aromatic rings. The van der Waals surface area contributed by atoms with Crippen molar-refractivity contribution in [1.82, 2.24) is 0 Å². The second-order valence-electron chi connectivity index (χ2n) is 3.88. The summed E-state index contributed by atoms with van der Waals surface area (Å²) in [6.07, 6.45) is 0. The lowest BCUT2D eigenvalue weighted by Gasteiger charge is -2.07. The SMILES string of the molecule is N#Cc1ccc(NC(=O)c2cc(F)ccc2F)c(F)c1. The van der Waals surface area contributed by atoms with E-state index in [0.29, 0.717) is 6.07 Å². The summed E-state index contributed by atoms with van der Waals surface area (Å²) in [5, 5.41) is 10.7. The molecule has 1 N–H and O–H groups in total. The summed E-state index contributed by atoms with van der Waals surface area (Å²) in [5.41, 5.74) is -0.677. The zero-order valence-corrected chi connectivity index (χ0v) is 9.95. The number of amides is 1. The molecule has 20 heavy (non-hydrogen) atoms. The summed E-state index contributed by atoms with van der Waals surface area (Å²) in [4.78, 5) is 11.7. The minimum atomic E-state index is -0.981. The number of hydrogen-bond acceptors (Lipinski definition) is 2. The minimum absolute atomic E-state index is 0.0810. The first kappa shape index (κ1) is 13.6. The van der Waals surface area contributed by atoms with Crippen molar-refractivity contribution in [1.29, 1.82) is 5.26 Å². The molecular formula is C14H7F3N2O. The summed E-state index contributed by atoms with van der Waals surface area (Å²) < 4.78 is 39.9. The van der Waals surface area contributed by atoms with Gasteiger partial charge in [0.05, 0.1) is 22.9 Å². The van der Waals surface area contributed by atoms with Crippen molar-refractivity contribution in [3.63, 3.8) is 0 Å². The van der Waals surface area contributed by atoms with Crippen molar-refractivity contribution < 1.29 is 18.0 Å². The Kier molecular flexibility index (Phi) is 3.71. The second kappa shape index (κ2) is 5.45. The Morgan fingerprint density at radius 1 is 1.05 bits per heavy atom. The maximum absolute atomic E-state index is 13.6. The first-order chi connectivity index (χ1) is 9.51. The number of nitrogens with zero attached hydrogens (tertiary/aromatic N) is 1. The monoisotopic (exact) mass is 276 g/mol. The lowest BCUT2D eigenvalue weighted by Crippen LogP contribution is -2.15. The number of hydrogen-bond donors (Lipinski definition) is 1. The Labute approximate surface area is 112 Å². The Bertz CT molecular complexity index is 723. The Hall–Kier alpha value is -2.81. The summed E-state index contributed by atoms with van der Waals surface area (Å²) in [7, 11) is 0. The molecule has 6 heteroatoms. The fraction of sp³-hybridized carbons (Fsp3) is 0. The number of benzene rings is 2. The predicted octanol–water partition coefficient (Wildman–Crippen LogP) is 3.23. The van der Waals surface area contributed by atoms with E-state index in [9.17, 15) is 18.0 Å². The quantitative estimate of drug-likeness (QED) is 0.915. The van der Waals surface area contributed by atoms with Gasteiger partial charge >= 0.3 is 0 Å². The number of nitriles is 1. The second-order valence-corrected chi connectivity index (χ2v) is 3.88. The van der Waals surface area contributed by atoms with Crippen molar-refractivity contribution in [2.75, 3.05) is 5.32 Å². The van der Waals surface area contributed by atoms with Crippen LogP contribution < -0.4 is 5.32 Å². The van der Waals surface area contributed by atoms with Crippen molar-refractivity contribution in [2.24, 2.45) is 0 Å². The molecule has 0 aromatic heterocycles. The van der Waals surface area contributed by atoms with Crippen LogP contribution in [0.25, 0.3) is 0 Å². The van der Waals surface area contributed by atoms with Crippen LogP contribution in [-0.2, 0) is 0 Å². The van der Waals surface area contributed by atoms with Crippen LogP contribution in [0, 0.1) is 28.8 Å². The van der Waals surface area contributed by atoms with E-state index in [4.69, 9.17) is 5.26 Å². The molecule has 0 aliphatic rings. The minimum Gasteiger partial charge on any atom is -0.319 e. The normalized spacial score (nSPS) is 9.90. The van der Waals surface area contributed by atoms with Crippen molar-refractivity contribution in [3.8, 4) is 6.07 Å². The van der Waals surface area contributed by atoms with E-state index >= 15 is 0 Å². The number of carbonyl (C=O) groups excluding carboxylic acids is 1. The summed E-state index contributed by atoms with van der Waals surface area (Å²) >= 11 is 0. The lowest BCUT2D eigenvalue weighted by atomic mass is 10.1. The molecule has 0 atom stereocenters. The first-order valence-electron chi connectivity index (χ1n) is 5.47. The maximum Gasteiger partial charge on any atom is 0.258 e. The third-order valence-electron chi connectivity index (χ3n) is 2.52. The zero-order chi connectivity index (χ0) is 14.7. The number of nitrogens with one attached hydrogen (secondary N) is 1. The highest BCUT2D eigenvalue weighted by Crippen LogP contribution is 2.18. The summed E-state index contributed by atoms with van der Waals surface area (Å²) in [5.74, 6) is -3.52. The lowest BCUT2D eigenvalue weighted by molar-refractivity contribution is 0.102. The molecule has 0 heterocycles. The van der Waals surface area contributed by atoms with Crippen LogP contribution in [0.4, 0.5) is 18.9 Å². The van der Waals surface area contributed by atoms with E-state index in [1.54, 1.807) is 6.07 Å². The van der Waals surface area contributed by atoms with E-state index in [-0.39, 0.29) is 11.3 Å². The predicted molar refractivity (Wildman–Crippen MR) is 65.4 cm³/mol. The molecular weight excluding hydrogens is 269 g/mol. The number of rotatable bonds is 2. The molecule has 0 saturated heterocycles. The average molecular weight is 276 g/mol. The van der Waals surface area contributed by atoms with Gasteiger partial charge in [-0.25, -0.2) is 13.2 Å². The molecule has 2 rings (SSSR count). The van der Waals surface area contributed by atoms with Crippen LogP contribution in [0.5, 0.6) is 0 Å². The fourth-order valence-corrected chi connectivity index (χ4v) is 1.55.